The van der Waals surface area contributed by atoms with Gasteiger partial charge in [-0.25, -0.2) is 9.78 Å². The van der Waals surface area contributed by atoms with Gasteiger partial charge in [0.05, 0.1) is 5.69 Å². The molecular formula is C16H15NO2S. The molecule has 1 heterocycles. The Hall–Kier alpha value is -2.20. The number of allylic oxidation sites excluding steroid dienone is 2. The van der Waals surface area contributed by atoms with Gasteiger partial charge in [0.25, 0.3) is 0 Å². The standard InChI is InChI=1S/C16H15NO2S/c1-11(10-13-6-4-3-5-7-13)8-9-14-17-12(2)15(20-14)16(18)19/h3-10H,1-2H3,(H,18,19)/b9-8+,11-10-. The lowest BCUT2D eigenvalue weighted by Crippen LogP contribution is -1.94. The van der Waals surface area contributed by atoms with Crippen molar-refractivity contribution in [2.75, 3.05) is 0 Å². The third-order valence-corrected chi connectivity index (χ3v) is 3.80. The van der Waals surface area contributed by atoms with Crippen molar-refractivity contribution in [1.29, 1.82) is 0 Å². The quantitative estimate of drug-likeness (QED) is 0.854. The zero-order valence-electron chi connectivity index (χ0n) is 11.3. The molecule has 0 aliphatic heterocycles. The molecule has 102 valence electrons. The Morgan fingerprint density at radius 1 is 1.30 bits per heavy atom. The van der Waals surface area contributed by atoms with E-state index in [1.807, 2.05) is 49.4 Å². The molecule has 2 rings (SSSR count). The summed E-state index contributed by atoms with van der Waals surface area (Å²) in [5.41, 5.74) is 2.78. The van der Waals surface area contributed by atoms with E-state index in [1.165, 1.54) is 11.3 Å². The van der Waals surface area contributed by atoms with Crippen LogP contribution in [0.5, 0.6) is 0 Å². The van der Waals surface area contributed by atoms with Crippen LogP contribution in [0.25, 0.3) is 12.2 Å². The fourth-order valence-electron chi connectivity index (χ4n) is 1.75. The second-order valence-electron chi connectivity index (χ2n) is 4.40. The first-order chi connectivity index (χ1) is 9.56. The number of aromatic carboxylic acids is 1. The first-order valence-electron chi connectivity index (χ1n) is 6.18. The lowest BCUT2D eigenvalue weighted by atomic mass is 10.1. The monoisotopic (exact) mass is 285 g/mol. The van der Waals surface area contributed by atoms with Crippen molar-refractivity contribution in [3.63, 3.8) is 0 Å². The number of carbonyl (C=O) groups is 1. The van der Waals surface area contributed by atoms with Crippen LogP contribution in [0.2, 0.25) is 0 Å². The minimum absolute atomic E-state index is 0.300. The topological polar surface area (TPSA) is 50.2 Å². The number of aryl methyl sites for hydroxylation is 1. The molecular weight excluding hydrogens is 270 g/mol. The molecule has 0 amide bonds. The molecule has 1 N–H and O–H groups in total. The van der Waals surface area contributed by atoms with Crippen LogP contribution < -0.4 is 0 Å². The molecule has 0 spiro atoms. The van der Waals surface area contributed by atoms with Crippen molar-refractivity contribution < 1.29 is 9.90 Å². The number of hydrogen-bond donors (Lipinski definition) is 1. The van der Waals surface area contributed by atoms with E-state index in [-0.39, 0.29) is 0 Å². The van der Waals surface area contributed by atoms with Gasteiger partial charge < -0.3 is 5.11 Å². The van der Waals surface area contributed by atoms with E-state index in [0.29, 0.717) is 15.6 Å². The molecule has 0 saturated heterocycles. The molecule has 0 saturated carbocycles. The van der Waals surface area contributed by atoms with Gasteiger partial charge in [-0.1, -0.05) is 48.1 Å². The van der Waals surface area contributed by atoms with E-state index in [9.17, 15) is 4.79 Å². The maximum absolute atomic E-state index is 10.9. The summed E-state index contributed by atoms with van der Waals surface area (Å²) in [4.78, 5) is 15.5. The lowest BCUT2D eigenvalue weighted by Gasteiger charge is -1.94. The predicted octanol–water partition coefficient (Wildman–Crippen LogP) is 4.27. The average Bonchev–Trinajstić information content (AvgIpc) is 2.79. The van der Waals surface area contributed by atoms with Crippen LogP contribution in [0, 0.1) is 6.92 Å². The highest BCUT2D eigenvalue weighted by Gasteiger charge is 2.12. The molecule has 3 nitrogen and oxygen atoms in total. The van der Waals surface area contributed by atoms with Gasteiger partial charge in [0.15, 0.2) is 0 Å². The molecule has 0 aliphatic carbocycles. The van der Waals surface area contributed by atoms with Crippen molar-refractivity contribution in [2.24, 2.45) is 0 Å². The maximum Gasteiger partial charge on any atom is 0.347 e. The van der Waals surface area contributed by atoms with Crippen molar-refractivity contribution in [3.05, 3.63) is 63.1 Å². The summed E-state index contributed by atoms with van der Waals surface area (Å²) >= 11 is 1.19. The highest BCUT2D eigenvalue weighted by Crippen LogP contribution is 2.20. The Kier molecular flexibility index (Phi) is 4.48. The van der Waals surface area contributed by atoms with Crippen molar-refractivity contribution in [3.8, 4) is 0 Å². The Bertz CT molecular complexity index is 669. The fraction of sp³-hybridized carbons (Fsp3) is 0.125. The summed E-state index contributed by atoms with van der Waals surface area (Å²) in [7, 11) is 0. The van der Waals surface area contributed by atoms with Gasteiger partial charge in [-0.15, -0.1) is 11.3 Å². The van der Waals surface area contributed by atoms with Crippen LogP contribution in [-0.2, 0) is 0 Å². The van der Waals surface area contributed by atoms with Crippen LogP contribution in [0.1, 0.15) is 32.9 Å². The van der Waals surface area contributed by atoms with Gasteiger partial charge in [0.1, 0.15) is 9.88 Å². The van der Waals surface area contributed by atoms with Gasteiger partial charge >= 0.3 is 5.97 Å². The second kappa shape index (κ2) is 6.30. The molecule has 1 aromatic heterocycles. The number of carboxylic acids is 1. The van der Waals surface area contributed by atoms with Crippen LogP contribution in [0.3, 0.4) is 0 Å². The minimum Gasteiger partial charge on any atom is -0.477 e. The largest absolute Gasteiger partial charge is 0.477 e. The summed E-state index contributed by atoms with van der Waals surface area (Å²) in [5.74, 6) is -0.920. The second-order valence-corrected chi connectivity index (χ2v) is 5.43. The molecule has 2 aromatic rings. The molecule has 0 bridgehead atoms. The lowest BCUT2D eigenvalue weighted by molar-refractivity contribution is 0.0701. The third-order valence-electron chi connectivity index (χ3n) is 2.69. The Morgan fingerprint density at radius 3 is 2.60 bits per heavy atom. The third kappa shape index (κ3) is 3.65. The van der Waals surface area contributed by atoms with Gasteiger partial charge in [-0.3, -0.25) is 0 Å². The van der Waals surface area contributed by atoms with Crippen LogP contribution in [0.15, 0.2) is 42.0 Å². The number of carboxylic acid groups (broad SMARTS) is 1. The van der Waals surface area contributed by atoms with E-state index < -0.39 is 5.97 Å². The summed E-state index contributed by atoms with van der Waals surface area (Å²) in [5, 5.41) is 9.70. The van der Waals surface area contributed by atoms with Crippen molar-refractivity contribution in [2.45, 2.75) is 13.8 Å². The molecule has 0 aliphatic rings. The number of rotatable bonds is 4. The Balaban J connectivity index is 2.15. The number of benzene rings is 1. The summed E-state index contributed by atoms with van der Waals surface area (Å²) in [6.07, 6.45) is 5.85. The average molecular weight is 285 g/mol. The fourth-order valence-corrected chi connectivity index (χ4v) is 2.56. The highest BCUT2D eigenvalue weighted by atomic mass is 32.1. The summed E-state index contributed by atoms with van der Waals surface area (Å²) < 4.78 is 0. The number of nitrogens with zero attached hydrogens (tertiary/aromatic N) is 1. The van der Waals surface area contributed by atoms with E-state index in [4.69, 9.17) is 5.11 Å². The molecule has 20 heavy (non-hydrogen) atoms. The number of hydrogen-bond acceptors (Lipinski definition) is 3. The van der Waals surface area contributed by atoms with E-state index in [0.717, 1.165) is 11.1 Å². The van der Waals surface area contributed by atoms with Crippen LogP contribution in [0.4, 0.5) is 0 Å². The van der Waals surface area contributed by atoms with Gasteiger partial charge in [0, 0.05) is 0 Å². The first-order valence-corrected chi connectivity index (χ1v) is 7.00. The predicted molar refractivity (Wildman–Crippen MR) is 82.9 cm³/mol. The highest BCUT2D eigenvalue weighted by molar-refractivity contribution is 7.14. The smallest absolute Gasteiger partial charge is 0.347 e. The van der Waals surface area contributed by atoms with Crippen molar-refractivity contribution >= 4 is 29.5 Å². The summed E-state index contributed by atoms with van der Waals surface area (Å²) in [6.45, 7) is 3.71. The molecule has 4 heteroatoms. The van der Waals surface area contributed by atoms with Gasteiger partial charge in [-0.05, 0) is 25.5 Å². The Labute approximate surface area is 121 Å². The molecule has 0 fully saturated rings. The normalized spacial score (nSPS) is 12.0. The van der Waals surface area contributed by atoms with Gasteiger partial charge in [0.2, 0.25) is 0 Å². The zero-order valence-corrected chi connectivity index (χ0v) is 12.1. The summed E-state index contributed by atoms with van der Waals surface area (Å²) in [6, 6.07) is 10.0. The molecule has 0 radical (unpaired) electrons. The molecule has 1 aromatic carbocycles. The SMILES string of the molecule is CC(=C/c1ccccc1)/C=C/c1nc(C)c(C(=O)O)s1. The molecule has 0 unspecified atom stereocenters. The number of thiazole rings is 1. The van der Waals surface area contributed by atoms with Crippen molar-refractivity contribution in [1.82, 2.24) is 4.98 Å². The van der Waals surface area contributed by atoms with E-state index in [1.54, 1.807) is 6.92 Å². The first kappa shape index (κ1) is 14.2. The van der Waals surface area contributed by atoms with E-state index in [2.05, 4.69) is 11.1 Å². The zero-order chi connectivity index (χ0) is 14.5. The van der Waals surface area contributed by atoms with Crippen LogP contribution >= 0.6 is 11.3 Å². The van der Waals surface area contributed by atoms with Gasteiger partial charge in [-0.2, -0.15) is 0 Å². The molecule has 0 atom stereocenters. The van der Waals surface area contributed by atoms with E-state index >= 15 is 0 Å². The minimum atomic E-state index is -0.920. The number of aromatic nitrogens is 1. The Morgan fingerprint density at radius 2 is 2.00 bits per heavy atom. The van der Waals surface area contributed by atoms with Crippen LogP contribution in [-0.4, -0.2) is 16.1 Å². The maximum atomic E-state index is 10.9.